The molecule has 2 heterocycles. The van der Waals surface area contributed by atoms with Crippen molar-refractivity contribution in [1.29, 1.82) is 0 Å². The predicted molar refractivity (Wildman–Crippen MR) is 62.2 cm³/mol. The number of ether oxygens (including phenoxy) is 1. The molecule has 0 aromatic carbocycles. The van der Waals surface area contributed by atoms with Gasteiger partial charge < -0.3 is 14.7 Å². The zero-order valence-electron chi connectivity index (χ0n) is 10.0. The number of halogens is 1. The van der Waals surface area contributed by atoms with Gasteiger partial charge in [-0.3, -0.25) is 4.79 Å². The highest BCUT2D eigenvalue weighted by Gasteiger charge is 2.35. The Bertz CT molecular complexity index is 431. The van der Waals surface area contributed by atoms with E-state index in [-0.39, 0.29) is 24.9 Å². The van der Waals surface area contributed by atoms with Gasteiger partial charge in [-0.1, -0.05) is 0 Å². The monoisotopic (exact) mass is 254 g/mol. The number of aromatic nitrogens is 1. The first-order valence-corrected chi connectivity index (χ1v) is 5.82. The normalized spacial score (nSPS) is 23.2. The van der Waals surface area contributed by atoms with Crippen molar-refractivity contribution in [3.8, 4) is 5.88 Å². The van der Waals surface area contributed by atoms with E-state index in [4.69, 9.17) is 4.74 Å². The summed E-state index contributed by atoms with van der Waals surface area (Å²) in [6.07, 6.45) is -0.971. The molecule has 0 saturated carbocycles. The van der Waals surface area contributed by atoms with Gasteiger partial charge in [-0.15, -0.1) is 0 Å². The molecule has 1 amide bonds. The maximum Gasteiger partial charge on any atom is 0.259 e. The number of amides is 1. The summed E-state index contributed by atoms with van der Waals surface area (Å²) in [7, 11) is 0. The molecule has 0 spiro atoms. The summed E-state index contributed by atoms with van der Waals surface area (Å²) < 4.78 is 18.5. The predicted octanol–water partition coefficient (Wildman–Crippen LogP) is 0.635. The van der Waals surface area contributed by atoms with Crippen LogP contribution in [0.5, 0.6) is 5.88 Å². The topological polar surface area (TPSA) is 62.7 Å². The highest BCUT2D eigenvalue weighted by molar-refractivity contribution is 5.96. The van der Waals surface area contributed by atoms with Crippen LogP contribution in [0, 0.1) is 0 Å². The summed E-state index contributed by atoms with van der Waals surface area (Å²) in [5.41, 5.74) is 0.292. The summed E-state index contributed by atoms with van der Waals surface area (Å²) in [6.45, 7) is 2.09. The first kappa shape index (κ1) is 12.8. The van der Waals surface area contributed by atoms with E-state index in [1.54, 1.807) is 19.1 Å². The van der Waals surface area contributed by atoms with Crippen molar-refractivity contribution < 1.29 is 19.0 Å². The Morgan fingerprint density at radius 1 is 1.67 bits per heavy atom. The molecule has 98 valence electrons. The largest absolute Gasteiger partial charge is 0.477 e. The zero-order chi connectivity index (χ0) is 13.1. The first-order chi connectivity index (χ1) is 8.63. The molecular weight excluding hydrogens is 239 g/mol. The van der Waals surface area contributed by atoms with Gasteiger partial charge in [-0.05, 0) is 19.1 Å². The Labute approximate surface area is 104 Å². The number of alkyl halides is 1. The van der Waals surface area contributed by atoms with Crippen molar-refractivity contribution in [2.45, 2.75) is 19.2 Å². The average molecular weight is 254 g/mol. The Balaban J connectivity index is 2.19. The van der Waals surface area contributed by atoms with Crippen LogP contribution in [0.15, 0.2) is 18.3 Å². The molecule has 1 aliphatic rings. The number of carbonyl (C=O) groups excluding carboxylic acids is 1. The minimum Gasteiger partial charge on any atom is -0.477 e. The molecule has 5 nitrogen and oxygen atoms in total. The Kier molecular flexibility index (Phi) is 3.76. The van der Waals surface area contributed by atoms with Crippen LogP contribution >= 0.6 is 0 Å². The van der Waals surface area contributed by atoms with Gasteiger partial charge in [0.2, 0.25) is 5.88 Å². The Hall–Kier alpha value is -1.69. The van der Waals surface area contributed by atoms with Crippen molar-refractivity contribution in [2.24, 2.45) is 0 Å². The average Bonchev–Trinajstić information content (AvgIpc) is 2.70. The molecule has 1 N–H and O–H groups in total. The molecular formula is C12H15FN2O3. The van der Waals surface area contributed by atoms with E-state index in [0.717, 1.165) is 0 Å². The van der Waals surface area contributed by atoms with Crippen LogP contribution in [-0.4, -0.2) is 52.9 Å². The Morgan fingerprint density at radius 2 is 2.44 bits per heavy atom. The molecule has 2 atom stereocenters. The van der Waals surface area contributed by atoms with Gasteiger partial charge in [-0.2, -0.15) is 0 Å². The van der Waals surface area contributed by atoms with Crippen molar-refractivity contribution in [3.05, 3.63) is 23.9 Å². The van der Waals surface area contributed by atoms with Crippen LogP contribution in [0.25, 0.3) is 0 Å². The van der Waals surface area contributed by atoms with E-state index in [9.17, 15) is 14.3 Å². The summed E-state index contributed by atoms with van der Waals surface area (Å²) in [5.74, 6) is -0.132. The van der Waals surface area contributed by atoms with Crippen molar-refractivity contribution in [1.82, 2.24) is 9.88 Å². The van der Waals surface area contributed by atoms with Crippen molar-refractivity contribution in [3.63, 3.8) is 0 Å². The molecule has 0 aliphatic carbocycles. The number of hydrogen-bond acceptors (Lipinski definition) is 4. The van der Waals surface area contributed by atoms with Crippen molar-refractivity contribution in [2.75, 3.05) is 19.7 Å². The van der Waals surface area contributed by atoms with Crippen molar-refractivity contribution >= 4 is 5.91 Å². The number of β-amino-alcohol motifs (C(OH)–C–C–N with tert-alkyl or cyclic N) is 1. The molecule has 1 aromatic rings. The van der Waals surface area contributed by atoms with Gasteiger partial charge >= 0.3 is 0 Å². The number of hydrogen-bond donors (Lipinski definition) is 1. The molecule has 6 heteroatoms. The van der Waals surface area contributed by atoms with E-state index in [0.29, 0.717) is 12.2 Å². The third-order valence-electron chi connectivity index (χ3n) is 2.79. The minimum absolute atomic E-state index is 0.000456. The van der Waals surface area contributed by atoms with E-state index >= 15 is 0 Å². The van der Waals surface area contributed by atoms with Crippen LogP contribution in [0.3, 0.4) is 0 Å². The van der Waals surface area contributed by atoms with Gasteiger partial charge in [-0.25, -0.2) is 9.37 Å². The molecule has 1 saturated heterocycles. The SMILES string of the molecule is CCOc1ncccc1C(=O)N1C[C@@H](O)[C@H](F)C1. The lowest BCUT2D eigenvalue weighted by Crippen LogP contribution is -2.30. The van der Waals surface area contributed by atoms with Crippen LogP contribution in [0.1, 0.15) is 17.3 Å². The first-order valence-electron chi connectivity index (χ1n) is 5.82. The van der Waals surface area contributed by atoms with Gasteiger partial charge in [0.25, 0.3) is 5.91 Å². The molecule has 18 heavy (non-hydrogen) atoms. The molecule has 0 bridgehead atoms. The lowest BCUT2D eigenvalue weighted by atomic mass is 10.2. The van der Waals surface area contributed by atoms with Crippen LogP contribution in [-0.2, 0) is 0 Å². The van der Waals surface area contributed by atoms with Gasteiger partial charge in [0.1, 0.15) is 17.8 Å². The van der Waals surface area contributed by atoms with Gasteiger partial charge in [0.15, 0.2) is 0 Å². The van der Waals surface area contributed by atoms with E-state index in [1.807, 2.05) is 0 Å². The second-order valence-electron chi connectivity index (χ2n) is 4.08. The number of nitrogens with zero attached hydrogens (tertiary/aromatic N) is 2. The van der Waals surface area contributed by atoms with Crippen LogP contribution in [0.4, 0.5) is 4.39 Å². The lowest BCUT2D eigenvalue weighted by molar-refractivity contribution is 0.0759. The number of likely N-dealkylation sites (tertiary alicyclic amines) is 1. The second-order valence-corrected chi connectivity index (χ2v) is 4.08. The molecule has 1 aromatic heterocycles. The fourth-order valence-electron chi connectivity index (χ4n) is 1.89. The quantitative estimate of drug-likeness (QED) is 0.859. The van der Waals surface area contributed by atoms with Gasteiger partial charge in [0.05, 0.1) is 13.2 Å². The summed E-state index contributed by atoms with van der Waals surface area (Å²) in [4.78, 5) is 17.4. The smallest absolute Gasteiger partial charge is 0.259 e. The summed E-state index contributed by atoms with van der Waals surface area (Å²) in [6, 6.07) is 3.20. The highest BCUT2D eigenvalue weighted by atomic mass is 19.1. The maximum absolute atomic E-state index is 13.2. The van der Waals surface area contributed by atoms with E-state index in [2.05, 4.69) is 4.98 Å². The standard InChI is InChI=1S/C12H15FN2O3/c1-2-18-11-8(4-3-5-14-11)12(17)15-6-9(13)10(16)7-15/h3-5,9-10,16H,2,6-7H2,1H3/t9-,10-/m1/s1. The third kappa shape index (κ3) is 2.43. The number of pyridine rings is 1. The molecule has 0 unspecified atom stereocenters. The number of carbonyl (C=O) groups is 1. The fraction of sp³-hybridized carbons (Fsp3) is 0.500. The number of aliphatic hydroxyl groups is 1. The minimum atomic E-state index is -1.39. The second kappa shape index (κ2) is 5.30. The fourth-order valence-corrected chi connectivity index (χ4v) is 1.89. The summed E-state index contributed by atoms with van der Waals surface area (Å²) in [5, 5.41) is 9.32. The molecule has 1 aliphatic heterocycles. The maximum atomic E-state index is 13.2. The van der Waals surface area contributed by atoms with Crippen LogP contribution in [0.2, 0.25) is 0 Å². The highest BCUT2D eigenvalue weighted by Crippen LogP contribution is 2.21. The number of rotatable bonds is 3. The molecule has 0 radical (unpaired) electrons. The summed E-state index contributed by atoms with van der Waals surface area (Å²) >= 11 is 0. The zero-order valence-corrected chi connectivity index (χ0v) is 10.0. The lowest BCUT2D eigenvalue weighted by Gasteiger charge is -2.16. The van der Waals surface area contributed by atoms with Gasteiger partial charge in [0, 0.05) is 12.7 Å². The number of aliphatic hydroxyl groups excluding tert-OH is 1. The third-order valence-corrected chi connectivity index (χ3v) is 2.79. The Morgan fingerprint density at radius 3 is 3.06 bits per heavy atom. The van der Waals surface area contributed by atoms with E-state index < -0.39 is 12.3 Å². The molecule has 1 fully saturated rings. The molecule has 2 rings (SSSR count). The van der Waals surface area contributed by atoms with E-state index in [1.165, 1.54) is 11.1 Å². The van der Waals surface area contributed by atoms with Crippen LogP contribution < -0.4 is 4.74 Å².